The van der Waals surface area contributed by atoms with E-state index in [-0.39, 0.29) is 11.3 Å². The van der Waals surface area contributed by atoms with Crippen molar-refractivity contribution in [3.05, 3.63) is 82.6 Å². The molecule has 1 atom stereocenters. The first-order valence-corrected chi connectivity index (χ1v) is 10.4. The Labute approximate surface area is 175 Å². The van der Waals surface area contributed by atoms with Gasteiger partial charge in [0.2, 0.25) is 0 Å². The molecule has 1 unspecified atom stereocenters. The van der Waals surface area contributed by atoms with Gasteiger partial charge < -0.3 is 4.90 Å². The van der Waals surface area contributed by atoms with Crippen LogP contribution in [-0.2, 0) is 12.7 Å². The second kappa shape index (κ2) is 7.18. The molecule has 3 nitrogen and oxygen atoms in total. The first kappa shape index (κ1) is 19.2. The fourth-order valence-corrected chi connectivity index (χ4v) is 5.25. The van der Waals surface area contributed by atoms with Gasteiger partial charge in [-0.1, -0.05) is 24.3 Å². The van der Waals surface area contributed by atoms with Crippen molar-refractivity contribution in [1.82, 2.24) is 14.9 Å². The summed E-state index contributed by atoms with van der Waals surface area (Å²) in [6, 6.07) is 13.6. The Morgan fingerprint density at radius 3 is 2.73 bits per heavy atom. The summed E-state index contributed by atoms with van der Waals surface area (Å²) in [5.74, 6) is 0.110. The maximum atomic E-state index is 13.2. The predicted molar refractivity (Wildman–Crippen MR) is 112 cm³/mol. The Kier molecular flexibility index (Phi) is 4.60. The molecule has 30 heavy (non-hydrogen) atoms. The number of alkyl halides is 3. The van der Waals surface area contributed by atoms with E-state index in [0.29, 0.717) is 4.70 Å². The summed E-state index contributed by atoms with van der Waals surface area (Å²) in [5, 5.41) is 1.49. The molecule has 0 spiro atoms. The zero-order valence-corrected chi connectivity index (χ0v) is 17.0. The van der Waals surface area contributed by atoms with Gasteiger partial charge in [0.15, 0.2) is 0 Å². The van der Waals surface area contributed by atoms with Gasteiger partial charge in [-0.15, -0.1) is 11.3 Å². The van der Waals surface area contributed by atoms with Crippen molar-refractivity contribution in [3.8, 4) is 11.3 Å². The van der Waals surface area contributed by atoms with Gasteiger partial charge in [-0.05, 0) is 41.9 Å². The molecule has 1 aliphatic rings. The number of likely N-dealkylation sites (N-methyl/N-ethyl adjacent to an activating group) is 1. The third-order valence-electron chi connectivity index (χ3n) is 5.64. The summed E-state index contributed by atoms with van der Waals surface area (Å²) >= 11 is 1.15. The number of thiophene rings is 1. The maximum Gasteiger partial charge on any atom is 0.417 e. The highest BCUT2D eigenvalue weighted by Gasteiger charge is 2.34. The Balaban J connectivity index is 1.56. The normalized spacial score (nSPS) is 17.3. The van der Waals surface area contributed by atoms with E-state index in [1.807, 2.05) is 18.2 Å². The fourth-order valence-electron chi connectivity index (χ4n) is 4.23. The van der Waals surface area contributed by atoms with E-state index in [9.17, 15) is 13.2 Å². The largest absolute Gasteiger partial charge is 0.417 e. The highest BCUT2D eigenvalue weighted by molar-refractivity contribution is 7.17. The van der Waals surface area contributed by atoms with E-state index in [1.165, 1.54) is 22.8 Å². The molecule has 2 aromatic carbocycles. The Hall–Kier alpha value is -2.77. The van der Waals surface area contributed by atoms with E-state index < -0.39 is 11.7 Å². The van der Waals surface area contributed by atoms with E-state index in [2.05, 4.69) is 40.1 Å². The van der Waals surface area contributed by atoms with Crippen LogP contribution in [0.5, 0.6) is 0 Å². The molecule has 152 valence electrons. The smallest absolute Gasteiger partial charge is 0.301 e. The Morgan fingerprint density at radius 1 is 1.10 bits per heavy atom. The number of fused-ring (bicyclic) bond motifs is 2. The number of benzene rings is 2. The molecule has 0 fully saturated rings. The number of hydrogen-bond acceptors (Lipinski definition) is 4. The highest BCUT2D eigenvalue weighted by Crippen LogP contribution is 2.41. The van der Waals surface area contributed by atoms with Crippen molar-refractivity contribution in [1.29, 1.82) is 0 Å². The molecular weight excluding hydrogens is 407 g/mol. The minimum absolute atomic E-state index is 0.110. The molecular formula is C23H18F3N3S. The van der Waals surface area contributed by atoms with E-state index in [0.717, 1.165) is 41.2 Å². The van der Waals surface area contributed by atoms with Gasteiger partial charge in [0.25, 0.3) is 0 Å². The average Bonchev–Trinajstić information content (AvgIpc) is 3.17. The van der Waals surface area contributed by atoms with Gasteiger partial charge in [-0.3, -0.25) is 0 Å². The third kappa shape index (κ3) is 3.38. The second-order valence-electron chi connectivity index (χ2n) is 7.66. The molecule has 0 bridgehead atoms. The lowest BCUT2D eigenvalue weighted by Gasteiger charge is -2.33. The first-order chi connectivity index (χ1) is 14.4. The minimum Gasteiger partial charge on any atom is -0.301 e. The predicted octanol–water partition coefficient (Wildman–Crippen LogP) is 5.95. The van der Waals surface area contributed by atoms with Crippen LogP contribution in [0, 0.1) is 0 Å². The zero-order chi connectivity index (χ0) is 20.9. The molecule has 4 aromatic rings. The van der Waals surface area contributed by atoms with Gasteiger partial charge in [0.05, 0.1) is 11.3 Å². The highest BCUT2D eigenvalue weighted by atomic mass is 32.1. The van der Waals surface area contributed by atoms with Crippen LogP contribution in [0.1, 0.15) is 28.2 Å². The zero-order valence-electron chi connectivity index (χ0n) is 16.1. The van der Waals surface area contributed by atoms with Crippen LogP contribution in [0.2, 0.25) is 0 Å². The molecule has 0 N–H and O–H groups in total. The third-order valence-corrected chi connectivity index (χ3v) is 6.58. The Bertz CT molecular complexity index is 1220. The van der Waals surface area contributed by atoms with Crippen molar-refractivity contribution in [2.24, 2.45) is 0 Å². The lowest BCUT2D eigenvalue weighted by Crippen LogP contribution is -2.31. The van der Waals surface area contributed by atoms with Gasteiger partial charge in [-0.25, -0.2) is 9.97 Å². The standard InChI is InChI=1S/C23H18F3N3S/c1-29-10-16-8-15(21-6-7-27-13-28-21)3-4-17(16)19(11-29)14-2-5-18-20(23(24,25)26)12-30-22(18)9-14/h2-9,12-13,19H,10-11H2,1H3. The first-order valence-electron chi connectivity index (χ1n) is 9.56. The quantitative estimate of drug-likeness (QED) is 0.397. The lowest BCUT2D eigenvalue weighted by molar-refractivity contribution is -0.136. The number of hydrogen-bond donors (Lipinski definition) is 0. The SMILES string of the molecule is CN1Cc2cc(-c3ccncn3)ccc2C(c2ccc3c(C(F)(F)F)csc3c2)C1. The maximum absolute atomic E-state index is 13.2. The van der Waals surface area contributed by atoms with Crippen LogP contribution in [-0.4, -0.2) is 28.5 Å². The van der Waals surface area contributed by atoms with Gasteiger partial charge in [-0.2, -0.15) is 13.2 Å². The summed E-state index contributed by atoms with van der Waals surface area (Å²) in [5.41, 5.74) is 4.83. The van der Waals surface area contributed by atoms with E-state index >= 15 is 0 Å². The monoisotopic (exact) mass is 425 g/mol. The molecule has 5 rings (SSSR count). The van der Waals surface area contributed by atoms with Crippen LogP contribution in [0.4, 0.5) is 13.2 Å². The van der Waals surface area contributed by atoms with E-state index in [1.54, 1.807) is 12.3 Å². The fraction of sp³-hybridized carbons (Fsp3) is 0.217. The Morgan fingerprint density at radius 2 is 1.97 bits per heavy atom. The van der Waals surface area contributed by atoms with Crippen molar-refractivity contribution < 1.29 is 13.2 Å². The summed E-state index contributed by atoms with van der Waals surface area (Å²) in [7, 11) is 2.07. The number of aromatic nitrogens is 2. The second-order valence-corrected chi connectivity index (χ2v) is 8.57. The van der Waals surface area contributed by atoms with Gasteiger partial charge >= 0.3 is 6.18 Å². The van der Waals surface area contributed by atoms with Crippen LogP contribution in [0.25, 0.3) is 21.3 Å². The molecule has 0 aliphatic carbocycles. The molecule has 1 aliphatic heterocycles. The van der Waals surface area contributed by atoms with Crippen molar-refractivity contribution in [2.75, 3.05) is 13.6 Å². The molecule has 0 amide bonds. The topological polar surface area (TPSA) is 29.0 Å². The lowest BCUT2D eigenvalue weighted by atomic mass is 9.83. The van der Waals surface area contributed by atoms with Crippen molar-refractivity contribution >= 4 is 21.4 Å². The molecule has 0 saturated carbocycles. The van der Waals surface area contributed by atoms with Crippen LogP contribution in [0.3, 0.4) is 0 Å². The minimum atomic E-state index is -4.32. The molecule has 2 aromatic heterocycles. The summed E-state index contributed by atoms with van der Waals surface area (Å²) < 4.78 is 40.3. The number of halogens is 3. The van der Waals surface area contributed by atoms with Crippen LogP contribution in [0.15, 0.2) is 60.4 Å². The van der Waals surface area contributed by atoms with Gasteiger partial charge in [0.1, 0.15) is 6.33 Å². The molecule has 3 heterocycles. The number of rotatable bonds is 2. The summed E-state index contributed by atoms with van der Waals surface area (Å²) in [6.07, 6.45) is -1.06. The van der Waals surface area contributed by atoms with Crippen molar-refractivity contribution in [3.63, 3.8) is 0 Å². The summed E-state index contributed by atoms with van der Waals surface area (Å²) in [4.78, 5) is 10.6. The average molecular weight is 425 g/mol. The van der Waals surface area contributed by atoms with Crippen LogP contribution < -0.4 is 0 Å². The summed E-state index contributed by atoms with van der Waals surface area (Å²) in [6.45, 7) is 1.65. The van der Waals surface area contributed by atoms with Crippen LogP contribution >= 0.6 is 11.3 Å². The molecule has 0 radical (unpaired) electrons. The van der Waals surface area contributed by atoms with E-state index in [4.69, 9.17) is 0 Å². The van der Waals surface area contributed by atoms with Crippen molar-refractivity contribution in [2.45, 2.75) is 18.6 Å². The van der Waals surface area contributed by atoms with Gasteiger partial charge in [0, 0.05) is 46.2 Å². The number of nitrogens with zero attached hydrogens (tertiary/aromatic N) is 3. The molecule has 7 heteroatoms. The molecule has 0 saturated heterocycles.